The van der Waals surface area contributed by atoms with Gasteiger partial charge < -0.3 is 9.64 Å². The minimum Gasteiger partial charge on any atom is -0.492 e. The molecule has 0 saturated heterocycles. The van der Waals surface area contributed by atoms with Crippen molar-refractivity contribution >= 4 is 12.1 Å². The van der Waals surface area contributed by atoms with E-state index in [1.54, 1.807) is 0 Å². The molecule has 0 saturated carbocycles. The summed E-state index contributed by atoms with van der Waals surface area (Å²) in [4.78, 5) is 15.5. The van der Waals surface area contributed by atoms with Crippen LogP contribution < -0.4 is 9.64 Å². The van der Waals surface area contributed by atoms with Gasteiger partial charge in [0.25, 0.3) is 0 Å². The lowest BCUT2D eigenvalue weighted by atomic mass is 9.94. The number of hydrogen-bond donors (Lipinski definition) is 0. The molecule has 0 N–H and O–H groups in total. The molecule has 0 fully saturated rings. The SMILES string of the molecule is CCCN(CCC)C1COc2ccc3c(c2C1)CCN3C=O. The Labute approximate surface area is 133 Å². The number of nitrogens with zero attached hydrogens (tertiary/aromatic N) is 2. The molecule has 2 heterocycles. The first-order valence-corrected chi connectivity index (χ1v) is 8.52. The minimum absolute atomic E-state index is 0.462. The predicted octanol–water partition coefficient (Wildman–Crippen LogP) is 2.63. The number of fused-ring (bicyclic) bond motifs is 3. The number of carbonyl (C=O) groups is 1. The van der Waals surface area contributed by atoms with E-state index >= 15 is 0 Å². The first kappa shape index (κ1) is 15.3. The van der Waals surface area contributed by atoms with Crippen LogP contribution in [0.1, 0.15) is 37.8 Å². The van der Waals surface area contributed by atoms with Crippen molar-refractivity contribution in [2.45, 2.75) is 45.6 Å². The number of carbonyl (C=O) groups excluding carboxylic acids is 1. The first-order valence-electron chi connectivity index (χ1n) is 8.52. The summed E-state index contributed by atoms with van der Waals surface area (Å²) in [7, 11) is 0. The van der Waals surface area contributed by atoms with Gasteiger partial charge in [0.05, 0.1) is 0 Å². The molecule has 2 aliphatic rings. The number of benzene rings is 1. The maximum absolute atomic E-state index is 11.2. The van der Waals surface area contributed by atoms with E-state index in [1.807, 2.05) is 17.0 Å². The second kappa shape index (κ2) is 6.69. The molecule has 1 aromatic rings. The van der Waals surface area contributed by atoms with Crippen LogP contribution in [-0.4, -0.2) is 43.6 Å². The van der Waals surface area contributed by atoms with Crippen molar-refractivity contribution in [3.05, 3.63) is 23.3 Å². The van der Waals surface area contributed by atoms with Gasteiger partial charge in [-0.15, -0.1) is 0 Å². The van der Waals surface area contributed by atoms with Crippen molar-refractivity contribution < 1.29 is 9.53 Å². The molecule has 4 heteroatoms. The van der Waals surface area contributed by atoms with Crippen molar-refractivity contribution in [2.75, 3.05) is 31.1 Å². The minimum atomic E-state index is 0.462. The molecule has 0 spiro atoms. The molecule has 2 aliphatic heterocycles. The Kier molecular flexibility index (Phi) is 4.67. The summed E-state index contributed by atoms with van der Waals surface area (Å²) in [5.41, 5.74) is 3.73. The molecule has 1 aromatic carbocycles. The molecule has 0 radical (unpaired) electrons. The Morgan fingerprint density at radius 1 is 1.27 bits per heavy atom. The van der Waals surface area contributed by atoms with Crippen LogP contribution >= 0.6 is 0 Å². The fourth-order valence-electron chi connectivity index (χ4n) is 3.79. The molecule has 0 aromatic heterocycles. The van der Waals surface area contributed by atoms with Crippen molar-refractivity contribution in [3.8, 4) is 5.75 Å². The van der Waals surface area contributed by atoms with Gasteiger partial charge in [0, 0.05) is 23.8 Å². The van der Waals surface area contributed by atoms with Crippen LogP contribution in [0.2, 0.25) is 0 Å². The summed E-state index contributed by atoms with van der Waals surface area (Å²) in [5.74, 6) is 1.02. The number of rotatable bonds is 6. The van der Waals surface area contributed by atoms with Crippen molar-refractivity contribution in [1.82, 2.24) is 4.90 Å². The monoisotopic (exact) mass is 302 g/mol. The quantitative estimate of drug-likeness (QED) is 0.757. The van der Waals surface area contributed by atoms with Gasteiger partial charge in [-0.25, -0.2) is 0 Å². The molecular formula is C18H26N2O2. The molecule has 1 unspecified atom stereocenters. The Balaban J connectivity index is 1.85. The molecular weight excluding hydrogens is 276 g/mol. The van der Waals surface area contributed by atoms with Gasteiger partial charge in [-0.3, -0.25) is 9.69 Å². The topological polar surface area (TPSA) is 32.8 Å². The lowest BCUT2D eigenvalue weighted by Crippen LogP contribution is -2.44. The average Bonchev–Trinajstić information content (AvgIpc) is 2.97. The zero-order valence-electron chi connectivity index (χ0n) is 13.7. The third-order valence-electron chi connectivity index (χ3n) is 4.81. The van der Waals surface area contributed by atoms with Crippen molar-refractivity contribution in [2.24, 2.45) is 0 Å². The van der Waals surface area contributed by atoms with Crippen LogP contribution in [0.15, 0.2) is 12.1 Å². The second-order valence-electron chi connectivity index (χ2n) is 6.29. The van der Waals surface area contributed by atoms with Gasteiger partial charge >= 0.3 is 0 Å². The van der Waals surface area contributed by atoms with E-state index in [-0.39, 0.29) is 0 Å². The Morgan fingerprint density at radius 3 is 2.73 bits per heavy atom. The highest BCUT2D eigenvalue weighted by Gasteiger charge is 2.30. The van der Waals surface area contributed by atoms with Gasteiger partial charge in [-0.05, 0) is 56.5 Å². The molecule has 1 amide bonds. The van der Waals surface area contributed by atoms with E-state index in [0.717, 1.165) is 56.9 Å². The van der Waals surface area contributed by atoms with Crippen LogP contribution in [-0.2, 0) is 17.6 Å². The zero-order valence-corrected chi connectivity index (χ0v) is 13.7. The van der Waals surface area contributed by atoms with Crippen LogP contribution in [0.25, 0.3) is 0 Å². The summed E-state index contributed by atoms with van der Waals surface area (Å²) in [6.45, 7) is 8.32. The third kappa shape index (κ3) is 2.72. The van der Waals surface area contributed by atoms with E-state index in [9.17, 15) is 4.79 Å². The molecule has 0 aliphatic carbocycles. The summed E-state index contributed by atoms with van der Waals surface area (Å²) in [6, 6.07) is 4.53. The summed E-state index contributed by atoms with van der Waals surface area (Å²) >= 11 is 0. The van der Waals surface area contributed by atoms with Gasteiger partial charge in [-0.2, -0.15) is 0 Å². The van der Waals surface area contributed by atoms with E-state index in [2.05, 4.69) is 18.7 Å². The molecule has 4 nitrogen and oxygen atoms in total. The number of anilines is 1. The van der Waals surface area contributed by atoms with Crippen LogP contribution in [0.4, 0.5) is 5.69 Å². The highest BCUT2D eigenvalue weighted by atomic mass is 16.5. The van der Waals surface area contributed by atoms with Crippen molar-refractivity contribution in [3.63, 3.8) is 0 Å². The highest BCUT2D eigenvalue weighted by molar-refractivity contribution is 5.81. The summed E-state index contributed by atoms with van der Waals surface area (Å²) in [5, 5.41) is 0. The van der Waals surface area contributed by atoms with Gasteiger partial charge in [0.1, 0.15) is 12.4 Å². The van der Waals surface area contributed by atoms with Gasteiger partial charge in [0.2, 0.25) is 6.41 Å². The number of amides is 1. The Hall–Kier alpha value is -1.55. The predicted molar refractivity (Wildman–Crippen MR) is 88.7 cm³/mol. The van der Waals surface area contributed by atoms with Gasteiger partial charge in [0.15, 0.2) is 0 Å². The normalized spacial score (nSPS) is 19.8. The Morgan fingerprint density at radius 2 is 2.05 bits per heavy atom. The van der Waals surface area contributed by atoms with E-state index < -0.39 is 0 Å². The van der Waals surface area contributed by atoms with Crippen molar-refractivity contribution in [1.29, 1.82) is 0 Å². The van der Waals surface area contributed by atoms with Crippen LogP contribution in [0.3, 0.4) is 0 Å². The Bertz CT molecular complexity index is 538. The maximum Gasteiger partial charge on any atom is 0.214 e. The average molecular weight is 302 g/mol. The fraction of sp³-hybridized carbons (Fsp3) is 0.611. The van der Waals surface area contributed by atoms with E-state index in [1.165, 1.54) is 24.0 Å². The summed E-state index contributed by atoms with van der Waals surface area (Å²) in [6.07, 6.45) is 5.30. The number of ether oxygens (including phenoxy) is 1. The van der Waals surface area contributed by atoms with Crippen LogP contribution in [0, 0.1) is 0 Å². The molecule has 0 bridgehead atoms. The second-order valence-corrected chi connectivity index (χ2v) is 6.29. The fourth-order valence-corrected chi connectivity index (χ4v) is 3.79. The zero-order chi connectivity index (χ0) is 15.5. The lowest BCUT2D eigenvalue weighted by Gasteiger charge is -2.35. The van der Waals surface area contributed by atoms with Gasteiger partial charge in [-0.1, -0.05) is 13.8 Å². The first-order chi connectivity index (χ1) is 10.8. The standard InChI is InChI=1S/C18H26N2O2/c1-3-8-19(9-4-2)14-11-16-15-7-10-20(13-21)17(15)5-6-18(16)22-12-14/h5-6,13-14H,3-4,7-12H2,1-2H3. The third-order valence-corrected chi connectivity index (χ3v) is 4.81. The maximum atomic E-state index is 11.2. The lowest BCUT2D eigenvalue weighted by molar-refractivity contribution is -0.107. The van der Waals surface area contributed by atoms with Crippen LogP contribution in [0.5, 0.6) is 5.75 Å². The molecule has 22 heavy (non-hydrogen) atoms. The largest absolute Gasteiger partial charge is 0.492 e. The summed E-state index contributed by atoms with van der Waals surface area (Å²) < 4.78 is 6.06. The van der Waals surface area contributed by atoms with E-state index in [0.29, 0.717) is 6.04 Å². The molecule has 1 atom stereocenters. The highest BCUT2D eigenvalue weighted by Crippen LogP contribution is 2.38. The molecule has 120 valence electrons. The number of hydrogen-bond acceptors (Lipinski definition) is 3. The smallest absolute Gasteiger partial charge is 0.214 e. The molecule has 3 rings (SSSR count). The van der Waals surface area contributed by atoms with E-state index in [4.69, 9.17) is 4.74 Å².